The van der Waals surface area contributed by atoms with Crippen LogP contribution < -0.4 is 10.6 Å². The zero-order valence-corrected chi connectivity index (χ0v) is 17.9. The van der Waals surface area contributed by atoms with E-state index in [1.807, 2.05) is 0 Å². The summed E-state index contributed by atoms with van der Waals surface area (Å²) in [4.78, 5) is 23.5. The first-order valence-corrected chi connectivity index (χ1v) is 10.4. The molecule has 162 valence electrons. The van der Waals surface area contributed by atoms with Crippen LogP contribution in [-0.4, -0.2) is 57.9 Å². The molecule has 0 saturated carbocycles. The zero-order valence-electron chi connectivity index (χ0n) is 17.1. The van der Waals surface area contributed by atoms with Crippen molar-refractivity contribution in [3.05, 3.63) is 57.6 Å². The average molecular weight is 436 g/mol. The summed E-state index contributed by atoms with van der Waals surface area (Å²) in [5, 5.41) is 16.8. The van der Waals surface area contributed by atoms with Crippen molar-refractivity contribution in [2.45, 2.75) is 11.8 Å². The molecular weight excluding hydrogens is 412 g/mol. The van der Waals surface area contributed by atoms with E-state index in [4.69, 9.17) is 4.74 Å². The topological polar surface area (TPSA) is 131 Å². The van der Waals surface area contributed by atoms with E-state index in [-0.39, 0.29) is 21.8 Å². The number of benzene rings is 2. The molecule has 0 saturated heterocycles. The number of carbonyl (C=O) groups is 1. The lowest BCUT2D eigenvalue weighted by molar-refractivity contribution is -0.384. The van der Waals surface area contributed by atoms with E-state index in [9.17, 15) is 23.3 Å². The molecule has 30 heavy (non-hydrogen) atoms. The number of nitro benzene ring substituents is 1. The van der Waals surface area contributed by atoms with Gasteiger partial charge in [0, 0.05) is 51.3 Å². The average Bonchev–Trinajstić information content (AvgIpc) is 2.69. The molecule has 0 bridgehead atoms. The van der Waals surface area contributed by atoms with Gasteiger partial charge in [0.15, 0.2) is 0 Å². The Morgan fingerprint density at radius 1 is 1.17 bits per heavy atom. The summed E-state index contributed by atoms with van der Waals surface area (Å²) >= 11 is 0. The predicted molar refractivity (Wildman–Crippen MR) is 113 cm³/mol. The fourth-order valence-corrected chi connectivity index (χ4v) is 3.50. The Labute approximate surface area is 175 Å². The number of rotatable bonds is 9. The van der Waals surface area contributed by atoms with Gasteiger partial charge in [0.2, 0.25) is 10.0 Å². The number of hydrogen-bond acceptors (Lipinski definition) is 7. The number of nitro groups is 1. The third-order valence-corrected chi connectivity index (χ3v) is 6.13. The summed E-state index contributed by atoms with van der Waals surface area (Å²) in [6.45, 7) is 2.48. The molecule has 0 atom stereocenters. The van der Waals surface area contributed by atoms with Crippen molar-refractivity contribution in [2.75, 3.05) is 45.0 Å². The third-order valence-electron chi connectivity index (χ3n) is 4.32. The van der Waals surface area contributed by atoms with Gasteiger partial charge in [0.1, 0.15) is 0 Å². The number of aryl methyl sites for hydroxylation is 1. The van der Waals surface area contributed by atoms with Crippen LogP contribution in [0.1, 0.15) is 15.9 Å². The lowest BCUT2D eigenvalue weighted by atomic mass is 10.1. The minimum Gasteiger partial charge on any atom is -0.383 e. The first kappa shape index (κ1) is 23.3. The lowest BCUT2D eigenvalue weighted by Gasteiger charge is -2.16. The van der Waals surface area contributed by atoms with Crippen molar-refractivity contribution in [1.82, 2.24) is 4.31 Å². The molecule has 2 aromatic carbocycles. The fourth-order valence-electron chi connectivity index (χ4n) is 2.57. The van der Waals surface area contributed by atoms with E-state index in [0.29, 0.717) is 24.4 Å². The number of sulfonamides is 1. The van der Waals surface area contributed by atoms with Gasteiger partial charge in [0.05, 0.1) is 22.0 Å². The molecule has 0 spiro atoms. The van der Waals surface area contributed by atoms with Crippen molar-refractivity contribution >= 4 is 33.0 Å². The second kappa shape index (κ2) is 9.65. The molecule has 1 amide bonds. The standard InChI is InChI=1S/C19H24N4O6S/c1-13-5-7-15(30(27,28)22(2)3)12-18(13)21-19(24)16-11-14(23(25)26)6-8-17(16)20-9-10-29-4/h5-8,11-12,20H,9-10H2,1-4H3,(H,21,24). The Bertz CT molecular complexity index is 1050. The number of anilines is 2. The summed E-state index contributed by atoms with van der Waals surface area (Å²) in [7, 11) is 0.662. The SMILES string of the molecule is COCCNc1ccc([N+](=O)[O-])cc1C(=O)Nc1cc(S(=O)(=O)N(C)C)ccc1C. The minimum absolute atomic E-state index is 0.0193. The number of amides is 1. The van der Waals surface area contributed by atoms with Gasteiger partial charge in [-0.25, -0.2) is 12.7 Å². The molecule has 2 aromatic rings. The number of methoxy groups -OCH3 is 1. The highest BCUT2D eigenvalue weighted by molar-refractivity contribution is 7.89. The Hall–Kier alpha value is -3.02. The molecule has 0 radical (unpaired) electrons. The van der Waals surface area contributed by atoms with Gasteiger partial charge in [-0.3, -0.25) is 14.9 Å². The molecule has 0 aliphatic rings. The van der Waals surface area contributed by atoms with Gasteiger partial charge in [-0.1, -0.05) is 6.07 Å². The molecule has 2 rings (SSSR count). The summed E-state index contributed by atoms with van der Waals surface area (Å²) < 4.78 is 30.8. The molecule has 10 nitrogen and oxygen atoms in total. The van der Waals surface area contributed by atoms with Crippen LogP contribution in [0.4, 0.5) is 17.1 Å². The molecule has 11 heteroatoms. The second-order valence-corrected chi connectivity index (χ2v) is 8.78. The molecule has 2 N–H and O–H groups in total. The van der Waals surface area contributed by atoms with E-state index in [2.05, 4.69) is 10.6 Å². The Morgan fingerprint density at radius 2 is 1.87 bits per heavy atom. The third kappa shape index (κ3) is 5.32. The van der Waals surface area contributed by atoms with Crippen molar-refractivity contribution in [3.8, 4) is 0 Å². The highest BCUT2D eigenvalue weighted by Gasteiger charge is 2.21. The highest BCUT2D eigenvalue weighted by Crippen LogP contribution is 2.26. The largest absolute Gasteiger partial charge is 0.383 e. The maximum Gasteiger partial charge on any atom is 0.270 e. The van der Waals surface area contributed by atoms with E-state index < -0.39 is 20.9 Å². The summed E-state index contributed by atoms with van der Waals surface area (Å²) in [6.07, 6.45) is 0. The van der Waals surface area contributed by atoms with Gasteiger partial charge >= 0.3 is 0 Å². The van der Waals surface area contributed by atoms with Crippen LogP contribution in [-0.2, 0) is 14.8 Å². The van der Waals surface area contributed by atoms with Gasteiger partial charge in [-0.15, -0.1) is 0 Å². The van der Waals surface area contributed by atoms with Crippen molar-refractivity contribution in [3.63, 3.8) is 0 Å². The molecule has 0 unspecified atom stereocenters. The number of nitrogens with zero attached hydrogens (tertiary/aromatic N) is 2. The number of carbonyl (C=O) groups excluding carboxylic acids is 1. The van der Waals surface area contributed by atoms with Gasteiger partial charge in [-0.05, 0) is 30.7 Å². The molecule has 0 aromatic heterocycles. The van der Waals surface area contributed by atoms with E-state index in [0.717, 1.165) is 4.31 Å². The van der Waals surface area contributed by atoms with Crippen LogP contribution >= 0.6 is 0 Å². The number of non-ortho nitro benzene ring substituents is 1. The minimum atomic E-state index is -3.69. The summed E-state index contributed by atoms with van der Waals surface area (Å²) in [5.74, 6) is -0.610. The van der Waals surface area contributed by atoms with Crippen LogP contribution in [0.3, 0.4) is 0 Å². The number of hydrogen-bond donors (Lipinski definition) is 2. The van der Waals surface area contributed by atoms with Gasteiger partial charge < -0.3 is 15.4 Å². The summed E-state index contributed by atoms with van der Waals surface area (Å²) in [6, 6.07) is 8.30. The number of ether oxygens (including phenoxy) is 1. The highest BCUT2D eigenvalue weighted by atomic mass is 32.2. The van der Waals surface area contributed by atoms with Crippen LogP contribution in [0.5, 0.6) is 0 Å². The first-order chi connectivity index (χ1) is 14.1. The fraction of sp³-hybridized carbons (Fsp3) is 0.316. The Balaban J connectivity index is 2.41. The van der Waals surface area contributed by atoms with Crippen LogP contribution in [0.15, 0.2) is 41.3 Å². The second-order valence-electron chi connectivity index (χ2n) is 6.62. The van der Waals surface area contributed by atoms with Gasteiger partial charge in [0.25, 0.3) is 11.6 Å². The van der Waals surface area contributed by atoms with E-state index in [1.54, 1.807) is 13.0 Å². The maximum atomic E-state index is 12.9. The molecule has 0 aliphatic carbocycles. The maximum absolute atomic E-state index is 12.9. The smallest absolute Gasteiger partial charge is 0.270 e. The van der Waals surface area contributed by atoms with E-state index >= 15 is 0 Å². The Morgan fingerprint density at radius 3 is 2.47 bits per heavy atom. The van der Waals surface area contributed by atoms with Crippen molar-refractivity contribution in [1.29, 1.82) is 0 Å². The molecular formula is C19H24N4O6S. The Kier molecular flexibility index (Phi) is 7.48. The predicted octanol–water partition coefficient (Wildman–Crippen LogP) is 2.46. The molecule has 0 aliphatic heterocycles. The van der Waals surface area contributed by atoms with Crippen LogP contribution in [0.2, 0.25) is 0 Å². The quantitative estimate of drug-likeness (QED) is 0.351. The monoisotopic (exact) mass is 436 g/mol. The summed E-state index contributed by atoms with van der Waals surface area (Å²) in [5.41, 5.74) is 1.14. The first-order valence-electron chi connectivity index (χ1n) is 8.93. The van der Waals surface area contributed by atoms with Crippen molar-refractivity contribution in [2.24, 2.45) is 0 Å². The van der Waals surface area contributed by atoms with E-state index in [1.165, 1.54) is 51.5 Å². The normalized spacial score (nSPS) is 11.4. The van der Waals surface area contributed by atoms with Crippen LogP contribution in [0, 0.1) is 17.0 Å². The molecule has 0 fully saturated rings. The molecule has 0 heterocycles. The van der Waals surface area contributed by atoms with Crippen LogP contribution in [0.25, 0.3) is 0 Å². The van der Waals surface area contributed by atoms with Gasteiger partial charge in [-0.2, -0.15) is 0 Å². The van der Waals surface area contributed by atoms with Crippen molar-refractivity contribution < 1.29 is 22.9 Å². The zero-order chi connectivity index (χ0) is 22.5. The lowest BCUT2D eigenvalue weighted by Crippen LogP contribution is -2.22. The number of nitrogens with one attached hydrogen (secondary N) is 2.